The minimum atomic E-state index is -0.0894. The maximum atomic E-state index is 11.9. The van der Waals surface area contributed by atoms with E-state index in [1.807, 2.05) is 42.5 Å². The van der Waals surface area contributed by atoms with Crippen molar-refractivity contribution >= 4 is 16.7 Å². The second-order valence-corrected chi connectivity index (χ2v) is 3.86. The second-order valence-electron chi connectivity index (χ2n) is 3.86. The Morgan fingerprint density at radius 2 is 2.00 bits per heavy atom. The SMILES string of the molecule is C=COCCNC(=O)c1ccc2ccccc2c1. The molecule has 0 fully saturated rings. The zero-order valence-corrected chi connectivity index (χ0v) is 10.1. The van der Waals surface area contributed by atoms with Crippen LogP contribution in [0.5, 0.6) is 0 Å². The summed E-state index contributed by atoms with van der Waals surface area (Å²) in [6, 6.07) is 13.6. The Bertz CT molecular complexity index is 563. The van der Waals surface area contributed by atoms with Gasteiger partial charge in [-0.25, -0.2) is 0 Å². The van der Waals surface area contributed by atoms with Crippen LogP contribution in [0.2, 0.25) is 0 Å². The molecule has 0 heterocycles. The van der Waals surface area contributed by atoms with Crippen LogP contribution in [0, 0.1) is 0 Å². The van der Waals surface area contributed by atoms with E-state index < -0.39 is 0 Å². The standard InChI is InChI=1S/C15H15NO2/c1-2-18-10-9-16-15(17)14-8-7-12-5-3-4-6-13(12)11-14/h2-8,11H,1,9-10H2,(H,16,17). The summed E-state index contributed by atoms with van der Waals surface area (Å²) in [5.74, 6) is -0.0894. The van der Waals surface area contributed by atoms with Gasteiger partial charge in [-0.05, 0) is 22.9 Å². The molecule has 1 N–H and O–H groups in total. The van der Waals surface area contributed by atoms with E-state index in [1.165, 1.54) is 6.26 Å². The minimum Gasteiger partial charge on any atom is -0.500 e. The first-order chi connectivity index (χ1) is 8.81. The van der Waals surface area contributed by atoms with E-state index in [2.05, 4.69) is 11.9 Å². The Labute approximate surface area is 106 Å². The van der Waals surface area contributed by atoms with Crippen molar-refractivity contribution < 1.29 is 9.53 Å². The van der Waals surface area contributed by atoms with Gasteiger partial charge < -0.3 is 10.1 Å². The lowest BCUT2D eigenvalue weighted by Gasteiger charge is -2.06. The van der Waals surface area contributed by atoms with E-state index in [0.717, 1.165) is 10.8 Å². The summed E-state index contributed by atoms with van der Waals surface area (Å²) >= 11 is 0. The van der Waals surface area contributed by atoms with E-state index in [-0.39, 0.29) is 5.91 Å². The van der Waals surface area contributed by atoms with Crippen molar-refractivity contribution in [2.45, 2.75) is 0 Å². The first-order valence-electron chi connectivity index (χ1n) is 5.81. The average Bonchev–Trinajstić information content (AvgIpc) is 2.43. The van der Waals surface area contributed by atoms with Gasteiger partial charge in [0.05, 0.1) is 12.8 Å². The van der Waals surface area contributed by atoms with Crippen LogP contribution in [-0.2, 0) is 4.74 Å². The number of fused-ring (bicyclic) bond motifs is 1. The molecule has 3 nitrogen and oxygen atoms in total. The fourth-order valence-electron chi connectivity index (χ4n) is 1.74. The highest BCUT2D eigenvalue weighted by Gasteiger charge is 2.05. The molecule has 18 heavy (non-hydrogen) atoms. The van der Waals surface area contributed by atoms with Crippen LogP contribution in [-0.4, -0.2) is 19.1 Å². The molecule has 1 amide bonds. The number of hydrogen-bond acceptors (Lipinski definition) is 2. The van der Waals surface area contributed by atoms with Crippen LogP contribution in [0.1, 0.15) is 10.4 Å². The molecule has 0 aliphatic carbocycles. The second kappa shape index (κ2) is 5.87. The number of carbonyl (C=O) groups is 1. The van der Waals surface area contributed by atoms with Gasteiger partial charge in [0.15, 0.2) is 0 Å². The summed E-state index contributed by atoms with van der Waals surface area (Å²) in [5, 5.41) is 4.98. The molecule has 2 rings (SSSR count). The monoisotopic (exact) mass is 241 g/mol. The van der Waals surface area contributed by atoms with E-state index >= 15 is 0 Å². The Morgan fingerprint density at radius 1 is 1.22 bits per heavy atom. The summed E-state index contributed by atoms with van der Waals surface area (Å²) in [6.07, 6.45) is 1.36. The van der Waals surface area contributed by atoms with E-state index in [1.54, 1.807) is 0 Å². The van der Waals surface area contributed by atoms with Gasteiger partial charge in [0.1, 0.15) is 6.61 Å². The number of ether oxygens (including phenoxy) is 1. The Kier molecular flexibility index (Phi) is 3.97. The fourth-order valence-corrected chi connectivity index (χ4v) is 1.74. The minimum absolute atomic E-state index is 0.0894. The molecule has 0 unspecified atom stereocenters. The van der Waals surface area contributed by atoms with Crippen molar-refractivity contribution in [3.8, 4) is 0 Å². The number of nitrogens with one attached hydrogen (secondary N) is 1. The summed E-state index contributed by atoms with van der Waals surface area (Å²) in [4.78, 5) is 11.9. The van der Waals surface area contributed by atoms with Gasteiger partial charge in [0, 0.05) is 5.56 Å². The van der Waals surface area contributed by atoms with E-state index in [9.17, 15) is 4.79 Å². The number of hydrogen-bond donors (Lipinski definition) is 1. The van der Waals surface area contributed by atoms with E-state index in [0.29, 0.717) is 18.7 Å². The topological polar surface area (TPSA) is 38.3 Å². The number of carbonyl (C=O) groups excluding carboxylic acids is 1. The van der Waals surface area contributed by atoms with Crippen molar-refractivity contribution in [2.24, 2.45) is 0 Å². The summed E-state index contributed by atoms with van der Waals surface area (Å²) in [6.45, 7) is 4.34. The molecule has 0 radical (unpaired) electrons. The number of amides is 1. The molecule has 0 saturated carbocycles. The summed E-state index contributed by atoms with van der Waals surface area (Å²) in [5.41, 5.74) is 0.660. The molecule has 2 aromatic rings. The highest BCUT2D eigenvalue weighted by Crippen LogP contribution is 2.15. The third-order valence-electron chi connectivity index (χ3n) is 2.63. The lowest BCUT2D eigenvalue weighted by Crippen LogP contribution is -2.26. The summed E-state index contributed by atoms with van der Waals surface area (Å²) in [7, 11) is 0. The number of benzene rings is 2. The van der Waals surface area contributed by atoms with Crippen LogP contribution in [0.4, 0.5) is 0 Å². The lowest BCUT2D eigenvalue weighted by atomic mass is 10.1. The van der Waals surface area contributed by atoms with Crippen LogP contribution in [0.25, 0.3) is 10.8 Å². The van der Waals surface area contributed by atoms with Gasteiger partial charge in [0.2, 0.25) is 0 Å². The van der Waals surface area contributed by atoms with Gasteiger partial charge in [-0.1, -0.05) is 36.9 Å². The fraction of sp³-hybridized carbons (Fsp3) is 0.133. The van der Waals surface area contributed by atoms with E-state index in [4.69, 9.17) is 4.74 Å². The van der Waals surface area contributed by atoms with Crippen molar-refractivity contribution in [2.75, 3.05) is 13.2 Å². The van der Waals surface area contributed by atoms with Crippen molar-refractivity contribution in [1.29, 1.82) is 0 Å². The van der Waals surface area contributed by atoms with Crippen LogP contribution >= 0.6 is 0 Å². The average molecular weight is 241 g/mol. The molecular weight excluding hydrogens is 226 g/mol. The third kappa shape index (κ3) is 2.88. The Hall–Kier alpha value is -2.29. The quantitative estimate of drug-likeness (QED) is 0.645. The molecule has 0 aliphatic heterocycles. The van der Waals surface area contributed by atoms with Gasteiger partial charge in [-0.3, -0.25) is 4.79 Å². The van der Waals surface area contributed by atoms with Crippen LogP contribution in [0.3, 0.4) is 0 Å². The maximum absolute atomic E-state index is 11.9. The summed E-state index contributed by atoms with van der Waals surface area (Å²) < 4.78 is 4.94. The first kappa shape index (κ1) is 12.2. The van der Waals surface area contributed by atoms with Gasteiger partial charge in [-0.15, -0.1) is 0 Å². The molecule has 2 aromatic carbocycles. The smallest absolute Gasteiger partial charge is 0.251 e. The maximum Gasteiger partial charge on any atom is 0.251 e. The molecular formula is C15H15NO2. The van der Waals surface area contributed by atoms with Crippen molar-refractivity contribution in [1.82, 2.24) is 5.32 Å². The molecule has 3 heteroatoms. The Morgan fingerprint density at radius 3 is 2.78 bits per heavy atom. The van der Waals surface area contributed by atoms with Crippen LogP contribution in [0.15, 0.2) is 55.3 Å². The van der Waals surface area contributed by atoms with Gasteiger partial charge >= 0.3 is 0 Å². The Balaban J connectivity index is 2.06. The zero-order chi connectivity index (χ0) is 12.8. The highest BCUT2D eigenvalue weighted by atomic mass is 16.5. The molecule has 0 spiro atoms. The predicted octanol–water partition coefficient (Wildman–Crippen LogP) is 2.73. The lowest BCUT2D eigenvalue weighted by molar-refractivity contribution is 0.0943. The highest BCUT2D eigenvalue weighted by molar-refractivity contribution is 5.98. The normalized spacial score (nSPS) is 10.0. The van der Waals surface area contributed by atoms with Crippen molar-refractivity contribution in [3.63, 3.8) is 0 Å². The largest absolute Gasteiger partial charge is 0.500 e. The molecule has 92 valence electrons. The van der Waals surface area contributed by atoms with Crippen LogP contribution < -0.4 is 5.32 Å². The van der Waals surface area contributed by atoms with Gasteiger partial charge in [0.25, 0.3) is 5.91 Å². The zero-order valence-electron chi connectivity index (χ0n) is 10.1. The molecule has 0 atom stereocenters. The van der Waals surface area contributed by atoms with Gasteiger partial charge in [-0.2, -0.15) is 0 Å². The molecule has 0 aliphatic rings. The van der Waals surface area contributed by atoms with Crippen molar-refractivity contribution in [3.05, 3.63) is 60.9 Å². The molecule has 0 bridgehead atoms. The molecule has 0 saturated heterocycles. The third-order valence-corrected chi connectivity index (χ3v) is 2.63. The first-order valence-corrected chi connectivity index (χ1v) is 5.81. The predicted molar refractivity (Wildman–Crippen MR) is 72.4 cm³/mol. The molecule has 0 aromatic heterocycles. The number of rotatable bonds is 5.